The Morgan fingerprint density at radius 3 is 1.96 bits per heavy atom. The molecule has 0 aliphatic carbocycles. The van der Waals surface area contributed by atoms with E-state index in [1.54, 1.807) is 6.08 Å². The summed E-state index contributed by atoms with van der Waals surface area (Å²) < 4.78 is 0. The van der Waals surface area contributed by atoms with Crippen LogP contribution < -0.4 is 9.80 Å². The van der Waals surface area contributed by atoms with Crippen molar-refractivity contribution in [1.29, 1.82) is 0 Å². The second-order valence-corrected chi connectivity index (χ2v) is 7.00. The van der Waals surface area contributed by atoms with E-state index in [4.69, 9.17) is 0 Å². The molecule has 1 amide bonds. The van der Waals surface area contributed by atoms with Crippen LogP contribution in [0.3, 0.4) is 0 Å². The molecule has 4 rings (SSSR count). The fourth-order valence-corrected chi connectivity index (χ4v) is 3.59. The van der Waals surface area contributed by atoms with Crippen LogP contribution in [0.4, 0.5) is 11.6 Å². The van der Waals surface area contributed by atoms with E-state index in [1.807, 2.05) is 47.4 Å². The van der Waals surface area contributed by atoms with Gasteiger partial charge in [-0.25, -0.2) is 0 Å². The van der Waals surface area contributed by atoms with Crippen molar-refractivity contribution < 1.29 is 4.79 Å². The molecule has 0 spiro atoms. The highest BCUT2D eigenvalue weighted by Crippen LogP contribution is 2.20. The summed E-state index contributed by atoms with van der Waals surface area (Å²) in [7, 11) is 0. The van der Waals surface area contributed by atoms with Crippen LogP contribution in [0.1, 0.15) is 18.4 Å². The number of amides is 1. The number of carbonyl (C=O) groups is 1. The molecule has 2 fully saturated rings. The van der Waals surface area contributed by atoms with Gasteiger partial charge in [0.1, 0.15) is 0 Å². The highest BCUT2D eigenvalue weighted by Gasteiger charge is 2.21. The normalized spacial score (nSPS) is 17.7. The summed E-state index contributed by atoms with van der Waals surface area (Å²) in [6.07, 6.45) is 6.00. The average molecular weight is 363 g/mol. The van der Waals surface area contributed by atoms with E-state index in [1.165, 1.54) is 12.8 Å². The lowest BCUT2D eigenvalue weighted by Gasteiger charge is -2.34. The Balaban J connectivity index is 1.30. The largest absolute Gasteiger partial charge is 0.355 e. The molecule has 0 saturated carbocycles. The van der Waals surface area contributed by atoms with Crippen molar-refractivity contribution in [3.63, 3.8) is 0 Å². The summed E-state index contributed by atoms with van der Waals surface area (Å²) in [5.74, 6) is 1.93. The molecule has 6 heteroatoms. The van der Waals surface area contributed by atoms with Gasteiger partial charge in [-0.05, 0) is 36.6 Å². The smallest absolute Gasteiger partial charge is 0.246 e. The molecule has 2 aliphatic heterocycles. The maximum atomic E-state index is 12.4. The van der Waals surface area contributed by atoms with Gasteiger partial charge in [0, 0.05) is 45.3 Å². The first-order valence-electron chi connectivity index (χ1n) is 9.65. The van der Waals surface area contributed by atoms with Gasteiger partial charge in [0.2, 0.25) is 5.91 Å². The zero-order chi connectivity index (χ0) is 18.5. The van der Waals surface area contributed by atoms with Crippen molar-refractivity contribution in [2.75, 3.05) is 49.1 Å². The van der Waals surface area contributed by atoms with Gasteiger partial charge in [0.15, 0.2) is 11.6 Å². The molecule has 0 unspecified atom stereocenters. The quantitative estimate of drug-likeness (QED) is 0.781. The minimum Gasteiger partial charge on any atom is -0.355 e. The van der Waals surface area contributed by atoms with Crippen molar-refractivity contribution in [1.82, 2.24) is 15.1 Å². The Bertz CT molecular complexity index is 776. The van der Waals surface area contributed by atoms with Gasteiger partial charge in [-0.3, -0.25) is 4.79 Å². The van der Waals surface area contributed by atoms with Crippen molar-refractivity contribution in [3.05, 3.63) is 54.1 Å². The van der Waals surface area contributed by atoms with Gasteiger partial charge < -0.3 is 14.7 Å². The summed E-state index contributed by atoms with van der Waals surface area (Å²) in [4.78, 5) is 18.8. The fourth-order valence-electron chi connectivity index (χ4n) is 3.59. The van der Waals surface area contributed by atoms with Crippen molar-refractivity contribution in [2.45, 2.75) is 12.8 Å². The maximum Gasteiger partial charge on any atom is 0.246 e. The lowest BCUT2D eigenvalue weighted by atomic mass is 10.2. The molecule has 3 heterocycles. The van der Waals surface area contributed by atoms with Crippen LogP contribution in [0.25, 0.3) is 6.08 Å². The molecular formula is C21H25N5O. The maximum absolute atomic E-state index is 12.4. The molecule has 140 valence electrons. The number of carbonyl (C=O) groups excluding carboxylic acids is 1. The molecule has 2 aromatic rings. The van der Waals surface area contributed by atoms with Crippen molar-refractivity contribution in [3.8, 4) is 0 Å². The number of benzene rings is 1. The third-order valence-corrected chi connectivity index (χ3v) is 5.20. The number of hydrogen-bond donors (Lipinski definition) is 0. The summed E-state index contributed by atoms with van der Waals surface area (Å²) in [5.41, 5.74) is 1.04. The van der Waals surface area contributed by atoms with Gasteiger partial charge in [-0.2, -0.15) is 0 Å². The van der Waals surface area contributed by atoms with E-state index in [0.29, 0.717) is 13.1 Å². The van der Waals surface area contributed by atoms with Crippen LogP contribution in [0.15, 0.2) is 48.5 Å². The average Bonchev–Trinajstić information content (AvgIpc) is 3.28. The van der Waals surface area contributed by atoms with Gasteiger partial charge in [0.25, 0.3) is 0 Å². The predicted octanol–water partition coefficient (Wildman–Crippen LogP) is 2.44. The minimum atomic E-state index is 0.0639. The van der Waals surface area contributed by atoms with Crippen LogP contribution in [-0.2, 0) is 4.79 Å². The first-order valence-corrected chi connectivity index (χ1v) is 9.65. The molecule has 1 aromatic heterocycles. The molecule has 6 nitrogen and oxygen atoms in total. The molecule has 0 radical (unpaired) electrons. The highest BCUT2D eigenvalue weighted by atomic mass is 16.2. The van der Waals surface area contributed by atoms with Crippen LogP contribution >= 0.6 is 0 Å². The number of nitrogens with zero attached hydrogens (tertiary/aromatic N) is 5. The fraction of sp³-hybridized carbons (Fsp3) is 0.381. The van der Waals surface area contributed by atoms with E-state index < -0.39 is 0 Å². The summed E-state index contributed by atoms with van der Waals surface area (Å²) in [6.45, 7) is 5.11. The third-order valence-electron chi connectivity index (χ3n) is 5.20. The lowest BCUT2D eigenvalue weighted by Crippen LogP contribution is -2.48. The zero-order valence-corrected chi connectivity index (χ0v) is 15.5. The lowest BCUT2D eigenvalue weighted by molar-refractivity contribution is -0.126. The molecule has 0 bridgehead atoms. The van der Waals surface area contributed by atoms with E-state index in [-0.39, 0.29) is 5.91 Å². The van der Waals surface area contributed by atoms with E-state index in [9.17, 15) is 4.79 Å². The SMILES string of the molecule is O=C(C=Cc1ccccc1)N1CCN(c2ccc(N3CCCC3)nn2)CC1. The van der Waals surface area contributed by atoms with Gasteiger partial charge >= 0.3 is 0 Å². The Morgan fingerprint density at radius 2 is 1.37 bits per heavy atom. The summed E-state index contributed by atoms with van der Waals surface area (Å²) in [6, 6.07) is 14.0. The highest BCUT2D eigenvalue weighted by molar-refractivity contribution is 5.91. The Labute approximate surface area is 160 Å². The van der Waals surface area contributed by atoms with E-state index in [0.717, 1.165) is 43.4 Å². The Kier molecular flexibility index (Phi) is 5.32. The Morgan fingerprint density at radius 1 is 0.778 bits per heavy atom. The number of anilines is 2. The van der Waals surface area contributed by atoms with E-state index in [2.05, 4.69) is 26.1 Å². The van der Waals surface area contributed by atoms with Crippen LogP contribution in [0.5, 0.6) is 0 Å². The summed E-state index contributed by atoms with van der Waals surface area (Å²) >= 11 is 0. The first kappa shape index (κ1) is 17.5. The van der Waals surface area contributed by atoms with Crippen LogP contribution in [0, 0.1) is 0 Å². The molecule has 2 aliphatic rings. The van der Waals surface area contributed by atoms with E-state index >= 15 is 0 Å². The third kappa shape index (κ3) is 4.27. The predicted molar refractivity (Wildman–Crippen MR) is 108 cm³/mol. The monoisotopic (exact) mass is 363 g/mol. The van der Waals surface area contributed by atoms with Crippen molar-refractivity contribution >= 4 is 23.6 Å². The minimum absolute atomic E-state index is 0.0639. The first-order chi connectivity index (χ1) is 13.3. The number of rotatable bonds is 4. The number of piperazine rings is 1. The van der Waals surface area contributed by atoms with Crippen molar-refractivity contribution in [2.24, 2.45) is 0 Å². The van der Waals surface area contributed by atoms with Crippen LogP contribution in [0.2, 0.25) is 0 Å². The molecule has 1 aromatic carbocycles. The number of hydrogen-bond acceptors (Lipinski definition) is 5. The Hall–Kier alpha value is -2.89. The van der Waals surface area contributed by atoms with Gasteiger partial charge in [-0.15, -0.1) is 10.2 Å². The molecule has 0 atom stereocenters. The van der Waals surface area contributed by atoms with Gasteiger partial charge in [0.05, 0.1) is 0 Å². The zero-order valence-electron chi connectivity index (χ0n) is 15.5. The van der Waals surface area contributed by atoms with Crippen LogP contribution in [-0.4, -0.2) is 60.3 Å². The van der Waals surface area contributed by atoms with Gasteiger partial charge in [-0.1, -0.05) is 30.3 Å². The molecule has 0 N–H and O–H groups in total. The molecule has 27 heavy (non-hydrogen) atoms. The second kappa shape index (κ2) is 8.20. The standard InChI is InChI=1S/C21H25N5O/c27-21(11-8-18-6-2-1-3-7-18)26-16-14-25(15-17-26)20-10-9-19(22-23-20)24-12-4-5-13-24/h1-3,6-11H,4-5,12-17H2. The number of aromatic nitrogens is 2. The molecular weight excluding hydrogens is 338 g/mol. The molecule has 2 saturated heterocycles. The topological polar surface area (TPSA) is 52.6 Å². The second-order valence-electron chi connectivity index (χ2n) is 7.00. The summed E-state index contributed by atoms with van der Waals surface area (Å²) in [5, 5.41) is 8.81.